The van der Waals surface area contributed by atoms with Crippen LogP contribution in [0.3, 0.4) is 0 Å². The van der Waals surface area contributed by atoms with E-state index in [1.54, 1.807) is 0 Å². The van der Waals surface area contributed by atoms with Crippen LogP contribution in [0, 0.1) is 5.92 Å². The van der Waals surface area contributed by atoms with E-state index in [-0.39, 0.29) is 23.8 Å². The van der Waals surface area contributed by atoms with Crippen LogP contribution < -0.4 is 10.6 Å². The van der Waals surface area contributed by atoms with Gasteiger partial charge in [0.2, 0.25) is 0 Å². The maximum Gasteiger partial charge on any atom is 0.315 e. The number of hydrogen-bond donors (Lipinski definition) is 3. The first kappa shape index (κ1) is 15.1. The molecule has 0 aromatic carbocycles. The minimum absolute atomic E-state index is 0.0393. The number of nitrogens with one attached hydrogen (secondary N) is 2. The van der Waals surface area contributed by atoms with Crippen molar-refractivity contribution in [3.63, 3.8) is 0 Å². The van der Waals surface area contributed by atoms with Gasteiger partial charge >= 0.3 is 12.0 Å². The van der Waals surface area contributed by atoms with Gasteiger partial charge in [-0.25, -0.2) is 13.2 Å². The molecule has 20 heavy (non-hydrogen) atoms. The summed E-state index contributed by atoms with van der Waals surface area (Å²) in [5, 5.41) is 14.2. The zero-order valence-corrected chi connectivity index (χ0v) is 12.0. The van der Waals surface area contributed by atoms with Gasteiger partial charge in [0.1, 0.15) is 0 Å². The highest BCUT2D eigenvalue weighted by atomic mass is 32.2. The van der Waals surface area contributed by atoms with E-state index in [9.17, 15) is 18.0 Å². The summed E-state index contributed by atoms with van der Waals surface area (Å²) in [6.07, 6.45) is 2.75. The number of rotatable bonds is 5. The molecule has 0 radical (unpaired) electrons. The summed E-state index contributed by atoms with van der Waals surface area (Å²) in [7, 11) is -2.94. The van der Waals surface area contributed by atoms with Crippen molar-refractivity contribution in [2.45, 2.75) is 37.6 Å². The van der Waals surface area contributed by atoms with E-state index in [0.29, 0.717) is 25.8 Å². The van der Waals surface area contributed by atoms with Gasteiger partial charge in [-0.15, -0.1) is 0 Å². The van der Waals surface area contributed by atoms with Crippen LogP contribution in [-0.2, 0) is 14.6 Å². The number of carboxylic acids is 1. The van der Waals surface area contributed by atoms with E-state index >= 15 is 0 Å². The normalized spacial score (nSPS) is 26.5. The molecule has 3 N–H and O–H groups in total. The van der Waals surface area contributed by atoms with Gasteiger partial charge < -0.3 is 15.7 Å². The fraction of sp³-hybridized carbons (Fsp3) is 0.833. The molecular formula is C12H20N2O5S. The van der Waals surface area contributed by atoms with Crippen LogP contribution in [0.2, 0.25) is 0 Å². The summed E-state index contributed by atoms with van der Waals surface area (Å²) < 4.78 is 22.6. The van der Waals surface area contributed by atoms with Crippen LogP contribution in [-0.4, -0.2) is 49.1 Å². The van der Waals surface area contributed by atoms with Crippen molar-refractivity contribution < 1.29 is 23.1 Å². The third-order valence-electron chi connectivity index (χ3n) is 4.06. The predicted molar refractivity (Wildman–Crippen MR) is 72.1 cm³/mol. The Morgan fingerprint density at radius 2 is 2.00 bits per heavy atom. The van der Waals surface area contributed by atoms with Gasteiger partial charge in [0.05, 0.1) is 23.5 Å². The van der Waals surface area contributed by atoms with Crippen LogP contribution in [0.4, 0.5) is 4.79 Å². The Balaban J connectivity index is 1.76. The first-order valence-corrected chi connectivity index (χ1v) is 8.61. The summed E-state index contributed by atoms with van der Waals surface area (Å²) in [6.45, 7) is 0.314. The molecule has 1 unspecified atom stereocenters. The first-order valence-electron chi connectivity index (χ1n) is 6.79. The Labute approximate surface area is 118 Å². The Kier molecular flexibility index (Phi) is 4.22. The minimum Gasteiger partial charge on any atom is -0.481 e. The second-order valence-electron chi connectivity index (χ2n) is 5.81. The number of carbonyl (C=O) groups excluding carboxylic acids is 1. The van der Waals surface area contributed by atoms with Crippen LogP contribution >= 0.6 is 0 Å². The molecule has 0 spiro atoms. The lowest BCUT2D eigenvalue weighted by Crippen LogP contribution is -2.57. The molecular weight excluding hydrogens is 284 g/mol. The molecule has 2 fully saturated rings. The highest BCUT2D eigenvalue weighted by Gasteiger charge is 2.40. The lowest BCUT2D eigenvalue weighted by molar-refractivity contribution is -0.139. The molecule has 1 saturated heterocycles. The molecule has 8 heteroatoms. The predicted octanol–water partition coefficient (Wildman–Crippen LogP) is 0.118. The molecule has 2 amide bonds. The van der Waals surface area contributed by atoms with Crippen molar-refractivity contribution in [2.24, 2.45) is 5.92 Å². The maximum atomic E-state index is 11.8. The van der Waals surface area contributed by atoms with Gasteiger partial charge in [-0.3, -0.25) is 4.79 Å². The fourth-order valence-corrected chi connectivity index (χ4v) is 4.66. The van der Waals surface area contributed by atoms with Gasteiger partial charge in [0.15, 0.2) is 9.84 Å². The van der Waals surface area contributed by atoms with Crippen LogP contribution in [0.1, 0.15) is 32.1 Å². The van der Waals surface area contributed by atoms with Gasteiger partial charge in [-0.05, 0) is 31.6 Å². The number of hydrogen-bond acceptors (Lipinski definition) is 4. The fourth-order valence-electron chi connectivity index (χ4n) is 2.79. The Bertz CT molecular complexity index is 498. The summed E-state index contributed by atoms with van der Waals surface area (Å²) in [6, 6.07) is -0.407. The highest BCUT2D eigenvalue weighted by Crippen LogP contribution is 2.34. The van der Waals surface area contributed by atoms with E-state index in [1.165, 1.54) is 0 Å². The summed E-state index contributed by atoms with van der Waals surface area (Å²) in [5.74, 6) is -0.660. The smallest absolute Gasteiger partial charge is 0.315 e. The second kappa shape index (κ2) is 5.59. The lowest BCUT2D eigenvalue weighted by Gasteiger charge is -2.41. The molecule has 1 atom stereocenters. The maximum absolute atomic E-state index is 11.8. The number of aliphatic carboxylic acids is 1. The quantitative estimate of drug-likeness (QED) is 0.667. The molecule has 2 aliphatic rings. The largest absolute Gasteiger partial charge is 0.481 e. The molecule has 1 aliphatic heterocycles. The van der Waals surface area contributed by atoms with Gasteiger partial charge in [-0.2, -0.15) is 0 Å². The van der Waals surface area contributed by atoms with E-state index in [4.69, 9.17) is 5.11 Å². The molecule has 0 aromatic rings. The Hall–Kier alpha value is -1.31. The van der Waals surface area contributed by atoms with Crippen molar-refractivity contribution in [3.05, 3.63) is 0 Å². The molecule has 1 heterocycles. The Morgan fingerprint density at radius 1 is 1.30 bits per heavy atom. The van der Waals surface area contributed by atoms with Crippen molar-refractivity contribution in [1.29, 1.82) is 0 Å². The zero-order valence-electron chi connectivity index (χ0n) is 11.2. The molecule has 114 valence electrons. The van der Waals surface area contributed by atoms with E-state index < -0.39 is 27.4 Å². The SMILES string of the molecule is O=C(O)CC1(NC(=O)NCC2CCS(=O)(=O)C2)CCC1. The average Bonchev–Trinajstić information content (AvgIpc) is 2.63. The average molecular weight is 304 g/mol. The summed E-state index contributed by atoms with van der Waals surface area (Å²) in [5.41, 5.74) is -0.627. The standard InChI is InChI=1S/C12H20N2O5S/c15-10(16)6-12(3-1-4-12)14-11(17)13-7-9-2-5-20(18,19)8-9/h9H,1-8H2,(H,15,16)(H2,13,14,17). The molecule has 2 rings (SSSR count). The van der Waals surface area contributed by atoms with Gasteiger partial charge in [0, 0.05) is 6.54 Å². The number of carboxylic acid groups (broad SMARTS) is 1. The zero-order chi connectivity index (χ0) is 14.8. The van der Waals surface area contributed by atoms with Crippen LogP contribution in [0.15, 0.2) is 0 Å². The van der Waals surface area contributed by atoms with Crippen LogP contribution in [0.25, 0.3) is 0 Å². The van der Waals surface area contributed by atoms with Crippen LogP contribution in [0.5, 0.6) is 0 Å². The van der Waals surface area contributed by atoms with Crippen molar-refractivity contribution in [1.82, 2.24) is 10.6 Å². The number of urea groups is 1. The third kappa shape index (κ3) is 3.84. The number of sulfone groups is 1. The number of carbonyl (C=O) groups is 2. The van der Waals surface area contributed by atoms with Gasteiger partial charge in [0.25, 0.3) is 0 Å². The molecule has 0 bridgehead atoms. The highest BCUT2D eigenvalue weighted by molar-refractivity contribution is 7.91. The van der Waals surface area contributed by atoms with E-state index in [0.717, 1.165) is 6.42 Å². The summed E-state index contributed by atoms with van der Waals surface area (Å²) in [4.78, 5) is 22.6. The van der Waals surface area contributed by atoms with Crippen molar-refractivity contribution in [2.75, 3.05) is 18.1 Å². The Morgan fingerprint density at radius 3 is 2.45 bits per heavy atom. The molecule has 1 saturated carbocycles. The van der Waals surface area contributed by atoms with E-state index in [1.807, 2.05) is 0 Å². The summed E-state index contributed by atoms with van der Waals surface area (Å²) >= 11 is 0. The first-order chi connectivity index (χ1) is 9.30. The topological polar surface area (TPSA) is 113 Å². The molecule has 0 aromatic heterocycles. The van der Waals surface area contributed by atoms with Crippen molar-refractivity contribution in [3.8, 4) is 0 Å². The van der Waals surface area contributed by atoms with E-state index in [2.05, 4.69) is 10.6 Å². The van der Waals surface area contributed by atoms with Crippen molar-refractivity contribution >= 4 is 21.8 Å². The van der Waals surface area contributed by atoms with Gasteiger partial charge in [-0.1, -0.05) is 0 Å². The lowest BCUT2D eigenvalue weighted by atomic mass is 9.74. The third-order valence-corrected chi connectivity index (χ3v) is 5.89. The monoisotopic (exact) mass is 304 g/mol. The second-order valence-corrected chi connectivity index (χ2v) is 8.04. The molecule has 1 aliphatic carbocycles. The molecule has 7 nitrogen and oxygen atoms in total. The number of amides is 2. The minimum atomic E-state index is -2.94.